The Labute approximate surface area is 177 Å². The highest BCUT2D eigenvalue weighted by atomic mass is 35.5. The summed E-state index contributed by atoms with van der Waals surface area (Å²) >= 11 is 5.93. The molecule has 6 nitrogen and oxygen atoms in total. The Bertz CT molecular complexity index is 959. The van der Waals surface area contributed by atoms with Gasteiger partial charge in [-0.25, -0.2) is 13.2 Å². The van der Waals surface area contributed by atoms with Gasteiger partial charge in [-0.05, 0) is 62.6 Å². The molecule has 8 heteroatoms. The number of halogens is 1. The van der Waals surface area contributed by atoms with Crippen LogP contribution in [0.5, 0.6) is 0 Å². The molecule has 156 valence electrons. The number of ether oxygens (including phenoxy) is 1. The van der Waals surface area contributed by atoms with Crippen molar-refractivity contribution in [2.45, 2.75) is 37.6 Å². The number of sulfonamides is 1. The summed E-state index contributed by atoms with van der Waals surface area (Å²) in [6.07, 6.45) is 0.851. The van der Waals surface area contributed by atoms with Crippen LogP contribution in [-0.2, 0) is 21.2 Å². The summed E-state index contributed by atoms with van der Waals surface area (Å²) in [5.41, 5.74) is 1.58. The average molecular weight is 437 g/mol. The molecule has 0 fully saturated rings. The minimum atomic E-state index is -3.85. The van der Waals surface area contributed by atoms with Gasteiger partial charge in [0.2, 0.25) is 0 Å². The molecule has 2 aromatic rings. The minimum Gasteiger partial charge on any atom is -0.447 e. The third-order valence-corrected chi connectivity index (χ3v) is 7.23. The summed E-state index contributed by atoms with van der Waals surface area (Å²) in [5.74, 6) is 0. The fourth-order valence-electron chi connectivity index (χ4n) is 3.51. The summed E-state index contributed by atoms with van der Waals surface area (Å²) in [6, 6.07) is 13.0. The van der Waals surface area contributed by atoms with Crippen LogP contribution in [0.4, 0.5) is 10.5 Å². The minimum absolute atomic E-state index is 0.00348. The number of para-hydroxylation sites is 1. The van der Waals surface area contributed by atoms with Gasteiger partial charge in [-0.3, -0.25) is 4.31 Å². The van der Waals surface area contributed by atoms with Crippen molar-refractivity contribution < 1.29 is 17.9 Å². The predicted octanol–water partition coefficient (Wildman–Crippen LogP) is 4.33. The van der Waals surface area contributed by atoms with Gasteiger partial charge in [-0.2, -0.15) is 0 Å². The molecule has 0 N–H and O–H groups in total. The molecule has 0 saturated carbocycles. The third kappa shape index (κ3) is 4.51. The van der Waals surface area contributed by atoms with Crippen molar-refractivity contribution in [3.63, 3.8) is 0 Å². The van der Waals surface area contributed by atoms with E-state index in [4.69, 9.17) is 16.3 Å². The van der Waals surface area contributed by atoms with Gasteiger partial charge in [-0.1, -0.05) is 29.8 Å². The molecule has 2 aromatic carbocycles. The second kappa shape index (κ2) is 9.05. The molecule has 0 aliphatic carbocycles. The van der Waals surface area contributed by atoms with Crippen LogP contribution in [0.25, 0.3) is 0 Å². The SMILES string of the molecule is CCN(CC)C(=O)OCC1CCc2ccccc2N1S(=O)(=O)c1ccc(Cl)cc1. The van der Waals surface area contributed by atoms with E-state index in [1.807, 2.05) is 32.0 Å². The molecule has 1 aliphatic heterocycles. The second-order valence-electron chi connectivity index (χ2n) is 6.83. The number of carbonyl (C=O) groups is 1. The number of rotatable bonds is 6. The van der Waals surface area contributed by atoms with Crippen LogP contribution in [0, 0.1) is 0 Å². The van der Waals surface area contributed by atoms with Crippen molar-refractivity contribution in [3.8, 4) is 0 Å². The van der Waals surface area contributed by atoms with Crippen LogP contribution in [-0.4, -0.2) is 45.1 Å². The molecule has 29 heavy (non-hydrogen) atoms. The van der Waals surface area contributed by atoms with E-state index in [0.717, 1.165) is 12.0 Å². The lowest BCUT2D eigenvalue weighted by atomic mass is 9.98. The van der Waals surface area contributed by atoms with Gasteiger partial charge in [0.15, 0.2) is 0 Å². The maximum absolute atomic E-state index is 13.5. The molecule has 0 spiro atoms. The maximum atomic E-state index is 13.5. The number of amides is 1. The third-order valence-electron chi connectivity index (χ3n) is 5.10. The van der Waals surface area contributed by atoms with Gasteiger partial charge in [0.05, 0.1) is 16.6 Å². The first-order valence-corrected chi connectivity index (χ1v) is 11.5. The molecule has 0 bridgehead atoms. The molecule has 1 atom stereocenters. The van der Waals surface area contributed by atoms with Gasteiger partial charge >= 0.3 is 6.09 Å². The zero-order valence-corrected chi connectivity index (χ0v) is 18.1. The Balaban J connectivity index is 1.94. The van der Waals surface area contributed by atoms with E-state index in [-0.39, 0.29) is 11.5 Å². The molecule has 1 aliphatic rings. The Morgan fingerprint density at radius 3 is 2.45 bits per heavy atom. The van der Waals surface area contributed by atoms with Gasteiger partial charge in [0.1, 0.15) is 6.61 Å². The largest absolute Gasteiger partial charge is 0.447 e. The number of carbonyl (C=O) groups excluding carboxylic acids is 1. The molecule has 3 rings (SSSR count). The second-order valence-corrected chi connectivity index (χ2v) is 9.08. The molecule has 0 aromatic heterocycles. The summed E-state index contributed by atoms with van der Waals surface area (Å²) in [6.45, 7) is 4.82. The van der Waals surface area contributed by atoms with Crippen LogP contribution >= 0.6 is 11.6 Å². The van der Waals surface area contributed by atoms with E-state index in [1.165, 1.54) is 16.4 Å². The van der Waals surface area contributed by atoms with Crippen LogP contribution in [0.2, 0.25) is 5.02 Å². The normalized spacial score (nSPS) is 16.2. The molecule has 0 radical (unpaired) electrons. The van der Waals surface area contributed by atoms with Crippen molar-refractivity contribution in [2.24, 2.45) is 0 Å². The number of benzene rings is 2. The summed E-state index contributed by atoms with van der Waals surface area (Å²) in [4.78, 5) is 14.0. The Kier molecular flexibility index (Phi) is 6.70. The van der Waals surface area contributed by atoms with Gasteiger partial charge in [0, 0.05) is 18.1 Å². The molecule has 1 unspecified atom stereocenters. The van der Waals surface area contributed by atoms with E-state index < -0.39 is 22.2 Å². The van der Waals surface area contributed by atoms with Gasteiger partial charge < -0.3 is 9.64 Å². The molecule has 1 amide bonds. The highest BCUT2D eigenvalue weighted by molar-refractivity contribution is 7.92. The standard InChI is InChI=1S/C21H25ClN2O4S/c1-3-23(4-2)21(25)28-15-18-12-9-16-7-5-6-8-20(16)24(18)29(26,27)19-13-10-17(22)11-14-19/h5-8,10-11,13-14,18H,3-4,9,12,15H2,1-2H3. The van der Waals surface area contributed by atoms with Crippen molar-refractivity contribution in [2.75, 3.05) is 24.0 Å². The first-order valence-electron chi connectivity index (χ1n) is 9.68. The summed E-state index contributed by atoms with van der Waals surface area (Å²) < 4.78 is 33.9. The van der Waals surface area contributed by atoms with E-state index in [0.29, 0.717) is 30.2 Å². The molecular formula is C21H25ClN2O4S. The molecule has 0 saturated heterocycles. The van der Waals surface area contributed by atoms with Crippen LogP contribution in [0.15, 0.2) is 53.4 Å². The van der Waals surface area contributed by atoms with Crippen LogP contribution in [0.1, 0.15) is 25.8 Å². The topological polar surface area (TPSA) is 66.9 Å². The highest BCUT2D eigenvalue weighted by Gasteiger charge is 2.36. The van der Waals surface area contributed by atoms with E-state index >= 15 is 0 Å². The van der Waals surface area contributed by atoms with Crippen LogP contribution < -0.4 is 4.31 Å². The number of fused-ring (bicyclic) bond motifs is 1. The van der Waals surface area contributed by atoms with E-state index in [1.54, 1.807) is 23.1 Å². The zero-order chi connectivity index (χ0) is 21.0. The lowest BCUT2D eigenvalue weighted by Crippen LogP contribution is -2.47. The first-order chi connectivity index (χ1) is 13.9. The monoisotopic (exact) mass is 436 g/mol. The van der Waals surface area contributed by atoms with E-state index in [9.17, 15) is 13.2 Å². The number of aryl methyl sites for hydroxylation is 1. The van der Waals surface area contributed by atoms with Crippen molar-refractivity contribution >= 4 is 33.4 Å². The Morgan fingerprint density at radius 2 is 1.79 bits per heavy atom. The Hall–Kier alpha value is -2.25. The van der Waals surface area contributed by atoms with Gasteiger partial charge in [-0.15, -0.1) is 0 Å². The smallest absolute Gasteiger partial charge is 0.409 e. The number of hydrogen-bond donors (Lipinski definition) is 0. The number of nitrogens with zero attached hydrogens (tertiary/aromatic N) is 2. The quantitative estimate of drug-likeness (QED) is 0.676. The fraction of sp³-hybridized carbons (Fsp3) is 0.381. The van der Waals surface area contributed by atoms with Crippen molar-refractivity contribution in [3.05, 3.63) is 59.1 Å². The lowest BCUT2D eigenvalue weighted by Gasteiger charge is -2.37. The van der Waals surface area contributed by atoms with Gasteiger partial charge in [0.25, 0.3) is 10.0 Å². The lowest BCUT2D eigenvalue weighted by molar-refractivity contribution is 0.0996. The number of anilines is 1. The van der Waals surface area contributed by atoms with Crippen LogP contribution in [0.3, 0.4) is 0 Å². The predicted molar refractivity (Wildman–Crippen MR) is 114 cm³/mol. The molecular weight excluding hydrogens is 412 g/mol. The maximum Gasteiger partial charge on any atom is 0.409 e. The molecule has 1 heterocycles. The van der Waals surface area contributed by atoms with Crippen molar-refractivity contribution in [1.29, 1.82) is 0 Å². The summed E-state index contributed by atoms with van der Waals surface area (Å²) in [5, 5.41) is 0.465. The Morgan fingerprint density at radius 1 is 1.14 bits per heavy atom. The number of hydrogen-bond acceptors (Lipinski definition) is 4. The zero-order valence-electron chi connectivity index (χ0n) is 16.5. The average Bonchev–Trinajstić information content (AvgIpc) is 2.72. The van der Waals surface area contributed by atoms with Crippen molar-refractivity contribution in [1.82, 2.24) is 4.90 Å². The fourth-order valence-corrected chi connectivity index (χ4v) is 5.34. The van der Waals surface area contributed by atoms with E-state index in [2.05, 4.69) is 0 Å². The summed E-state index contributed by atoms with van der Waals surface area (Å²) in [7, 11) is -3.85. The highest BCUT2D eigenvalue weighted by Crippen LogP contribution is 2.35. The first kappa shape index (κ1) is 21.5.